The molecule has 0 radical (unpaired) electrons. The molecule has 2 heterocycles. The molecule has 0 bridgehead atoms. The van der Waals surface area contributed by atoms with Crippen molar-refractivity contribution in [3.63, 3.8) is 0 Å². The number of pyridine rings is 1. The van der Waals surface area contributed by atoms with Gasteiger partial charge in [0.05, 0.1) is 12.1 Å². The molecule has 0 aromatic carbocycles. The highest BCUT2D eigenvalue weighted by Crippen LogP contribution is 2.31. The Morgan fingerprint density at radius 2 is 2.15 bits per heavy atom. The molecular formula is C13H17N3O3S. The molecule has 1 aliphatic carbocycles. The lowest BCUT2D eigenvalue weighted by Gasteiger charge is -2.27. The molecule has 0 spiro atoms. The van der Waals surface area contributed by atoms with Gasteiger partial charge in [-0.1, -0.05) is 12.8 Å². The quantitative estimate of drug-likeness (QED) is 0.788. The highest BCUT2D eigenvalue weighted by molar-refractivity contribution is 7.89. The average molecular weight is 295 g/mol. The Labute approximate surface area is 117 Å². The first-order valence-electron chi connectivity index (χ1n) is 6.63. The Bertz CT molecular complexity index is 717. The summed E-state index contributed by atoms with van der Waals surface area (Å²) >= 11 is 0. The number of hydrogen-bond acceptors (Lipinski definition) is 4. The highest BCUT2D eigenvalue weighted by Gasteiger charge is 2.38. The van der Waals surface area contributed by atoms with Crippen molar-refractivity contribution in [2.75, 3.05) is 6.61 Å². The normalized spacial score (nSPS) is 18.6. The summed E-state index contributed by atoms with van der Waals surface area (Å²) < 4.78 is 27.8. The molecular weight excluding hydrogens is 278 g/mol. The number of rotatable bonds is 4. The fourth-order valence-corrected chi connectivity index (χ4v) is 4.45. The third-order valence-corrected chi connectivity index (χ3v) is 5.54. The van der Waals surface area contributed by atoms with Crippen molar-refractivity contribution in [1.29, 1.82) is 0 Å². The van der Waals surface area contributed by atoms with Crippen molar-refractivity contribution in [2.24, 2.45) is 0 Å². The van der Waals surface area contributed by atoms with E-state index in [0.717, 1.165) is 12.8 Å². The zero-order valence-electron chi connectivity index (χ0n) is 11.0. The Hall–Kier alpha value is -1.44. The second-order valence-electron chi connectivity index (χ2n) is 5.30. The van der Waals surface area contributed by atoms with E-state index < -0.39 is 15.6 Å². The number of aromatic nitrogens is 2. The SMILES string of the molecule is O=S(=O)(NC1(CO)CCCC1)c1c[nH]c2ncccc12. The van der Waals surface area contributed by atoms with Gasteiger partial charge in [0.15, 0.2) is 0 Å². The molecule has 20 heavy (non-hydrogen) atoms. The number of fused-ring (bicyclic) bond motifs is 1. The molecule has 3 rings (SSSR count). The van der Waals surface area contributed by atoms with Gasteiger partial charge < -0.3 is 10.1 Å². The average Bonchev–Trinajstić information content (AvgIpc) is 3.05. The zero-order chi connectivity index (χ0) is 14.2. The van der Waals surface area contributed by atoms with Crippen molar-refractivity contribution in [1.82, 2.24) is 14.7 Å². The third-order valence-electron chi connectivity index (χ3n) is 3.92. The van der Waals surface area contributed by atoms with Crippen LogP contribution in [0.4, 0.5) is 0 Å². The standard InChI is InChI=1S/C13H17N3O3S/c17-9-13(5-1-2-6-13)16-20(18,19)11-8-15-12-10(11)4-3-7-14-12/h3-4,7-8,16-17H,1-2,5-6,9H2,(H,14,15). The van der Waals surface area contributed by atoms with E-state index in [1.807, 2.05) is 0 Å². The summed E-state index contributed by atoms with van der Waals surface area (Å²) in [5, 5.41) is 10.1. The van der Waals surface area contributed by atoms with Gasteiger partial charge in [0.1, 0.15) is 10.5 Å². The number of hydrogen-bond donors (Lipinski definition) is 3. The minimum atomic E-state index is -3.68. The molecule has 1 saturated carbocycles. The molecule has 108 valence electrons. The number of aliphatic hydroxyl groups is 1. The third kappa shape index (κ3) is 2.21. The van der Waals surface area contributed by atoms with Crippen LogP contribution in [0.5, 0.6) is 0 Å². The molecule has 1 aliphatic rings. The summed E-state index contributed by atoms with van der Waals surface area (Å²) in [5.74, 6) is 0. The fraction of sp³-hybridized carbons (Fsp3) is 0.462. The van der Waals surface area contributed by atoms with Crippen LogP contribution in [0.3, 0.4) is 0 Å². The monoisotopic (exact) mass is 295 g/mol. The largest absolute Gasteiger partial charge is 0.394 e. The van der Waals surface area contributed by atoms with Crippen LogP contribution in [0.25, 0.3) is 11.0 Å². The van der Waals surface area contributed by atoms with Gasteiger partial charge in [0, 0.05) is 17.8 Å². The van der Waals surface area contributed by atoms with Crippen LogP contribution >= 0.6 is 0 Å². The zero-order valence-corrected chi connectivity index (χ0v) is 11.8. The van der Waals surface area contributed by atoms with Crippen LogP contribution in [-0.4, -0.2) is 35.6 Å². The van der Waals surface area contributed by atoms with Crippen LogP contribution in [0.2, 0.25) is 0 Å². The number of sulfonamides is 1. The van der Waals surface area contributed by atoms with E-state index in [1.54, 1.807) is 18.3 Å². The molecule has 0 unspecified atom stereocenters. The fourth-order valence-electron chi connectivity index (χ4n) is 2.84. The maximum Gasteiger partial charge on any atom is 0.243 e. The molecule has 2 aromatic heterocycles. The maximum absolute atomic E-state index is 12.6. The minimum Gasteiger partial charge on any atom is -0.394 e. The van der Waals surface area contributed by atoms with E-state index in [-0.39, 0.29) is 11.5 Å². The van der Waals surface area contributed by atoms with Crippen molar-refractivity contribution in [2.45, 2.75) is 36.1 Å². The lowest BCUT2D eigenvalue weighted by Crippen LogP contribution is -2.49. The smallest absolute Gasteiger partial charge is 0.243 e. The van der Waals surface area contributed by atoms with Gasteiger partial charge in [-0.3, -0.25) is 0 Å². The van der Waals surface area contributed by atoms with Gasteiger partial charge >= 0.3 is 0 Å². The van der Waals surface area contributed by atoms with Gasteiger partial charge in [0.2, 0.25) is 10.0 Å². The summed E-state index contributed by atoms with van der Waals surface area (Å²) in [6.07, 6.45) is 6.25. The highest BCUT2D eigenvalue weighted by atomic mass is 32.2. The molecule has 0 saturated heterocycles. The van der Waals surface area contributed by atoms with E-state index in [9.17, 15) is 13.5 Å². The Morgan fingerprint density at radius 3 is 2.85 bits per heavy atom. The van der Waals surface area contributed by atoms with Crippen molar-refractivity contribution in [3.8, 4) is 0 Å². The minimum absolute atomic E-state index is 0.174. The first-order chi connectivity index (χ1) is 9.56. The van der Waals surface area contributed by atoms with Crippen LogP contribution < -0.4 is 4.72 Å². The lowest BCUT2D eigenvalue weighted by molar-refractivity contribution is 0.185. The van der Waals surface area contributed by atoms with E-state index in [1.165, 1.54) is 6.20 Å². The van der Waals surface area contributed by atoms with E-state index in [4.69, 9.17) is 0 Å². The lowest BCUT2D eigenvalue weighted by atomic mass is 10.0. The van der Waals surface area contributed by atoms with E-state index in [0.29, 0.717) is 23.9 Å². The molecule has 0 atom stereocenters. The van der Waals surface area contributed by atoms with Gasteiger partial charge in [-0.15, -0.1) is 0 Å². The van der Waals surface area contributed by atoms with Gasteiger partial charge in [-0.05, 0) is 25.0 Å². The van der Waals surface area contributed by atoms with Gasteiger partial charge in [-0.2, -0.15) is 0 Å². The Morgan fingerprint density at radius 1 is 1.40 bits per heavy atom. The molecule has 1 fully saturated rings. The van der Waals surface area contributed by atoms with Crippen LogP contribution in [-0.2, 0) is 10.0 Å². The van der Waals surface area contributed by atoms with Crippen LogP contribution in [0.1, 0.15) is 25.7 Å². The van der Waals surface area contributed by atoms with Crippen LogP contribution in [0.15, 0.2) is 29.4 Å². The number of nitrogens with one attached hydrogen (secondary N) is 2. The summed E-state index contributed by atoms with van der Waals surface area (Å²) in [6.45, 7) is -0.174. The van der Waals surface area contributed by atoms with Gasteiger partial charge in [-0.25, -0.2) is 18.1 Å². The topological polar surface area (TPSA) is 95.1 Å². The Kier molecular flexibility index (Phi) is 3.27. The molecule has 3 N–H and O–H groups in total. The van der Waals surface area contributed by atoms with Crippen molar-refractivity contribution in [3.05, 3.63) is 24.5 Å². The number of H-pyrrole nitrogens is 1. The molecule has 6 nitrogen and oxygen atoms in total. The van der Waals surface area contributed by atoms with E-state index in [2.05, 4.69) is 14.7 Å². The second kappa shape index (κ2) is 4.83. The molecule has 0 aliphatic heterocycles. The number of aliphatic hydroxyl groups excluding tert-OH is 1. The summed E-state index contributed by atoms with van der Waals surface area (Å²) in [6, 6.07) is 3.42. The number of aromatic amines is 1. The predicted octanol–water partition coefficient (Wildman–Crippen LogP) is 1.15. The second-order valence-corrected chi connectivity index (χ2v) is 6.95. The molecule has 7 heteroatoms. The first kappa shape index (κ1) is 13.5. The molecule has 0 amide bonds. The first-order valence-corrected chi connectivity index (χ1v) is 8.12. The maximum atomic E-state index is 12.6. The van der Waals surface area contributed by atoms with Crippen molar-refractivity contribution < 1.29 is 13.5 Å². The van der Waals surface area contributed by atoms with E-state index >= 15 is 0 Å². The van der Waals surface area contributed by atoms with Crippen molar-refractivity contribution >= 4 is 21.1 Å². The summed E-state index contributed by atoms with van der Waals surface area (Å²) in [7, 11) is -3.68. The van der Waals surface area contributed by atoms with Crippen LogP contribution in [0, 0.1) is 0 Å². The summed E-state index contributed by atoms with van der Waals surface area (Å²) in [5.41, 5.74) is -0.178. The Balaban J connectivity index is 2.00. The predicted molar refractivity (Wildman–Crippen MR) is 74.7 cm³/mol. The van der Waals surface area contributed by atoms with Gasteiger partial charge in [0.25, 0.3) is 0 Å². The summed E-state index contributed by atoms with van der Waals surface area (Å²) in [4.78, 5) is 7.13. The number of nitrogens with zero attached hydrogens (tertiary/aromatic N) is 1. The molecule has 2 aromatic rings.